The van der Waals surface area contributed by atoms with E-state index in [2.05, 4.69) is 24.1 Å². The third-order valence-corrected chi connectivity index (χ3v) is 2.94. The number of rotatable bonds is 3. The van der Waals surface area contributed by atoms with Crippen LogP contribution in [-0.4, -0.2) is 10.9 Å². The fourth-order valence-corrected chi connectivity index (χ4v) is 1.70. The van der Waals surface area contributed by atoms with Gasteiger partial charge in [0, 0.05) is 12.8 Å². The Bertz CT molecular complexity index is 382. The van der Waals surface area contributed by atoms with Gasteiger partial charge >= 0.3 is 0 Å². The van der Waals surface area contributed by atoms with Crippen molar-refractivity contribution in [2.75, 3.05) is 0 Å². The maximum atomic E-state index is 11.6. The summed E-state index contributed by atoms with van der Waals surface area (Å²) in [5, 5.41) is 2.86. The maximum absolute atomic E-state index is 11.6. The van der Waals surface area contributed by atoms with Crippen LogP contribution in [0.1, 0.15) is 31.9 Å². The third kappa shape index (κ3) is 2.19. The lowest BCUT2D eigenvalue weighted by Crippen LogP contribution is -2.25. The Kier molecular flexibility index (Phi) is 2.29. The molecule has 1 aliphatic carbocycles. The van der Waals surface area contributed by atoms with Crippen LogP contribution >= 0.6 is 0 Å². The molecular formula is C11H16N2O2. The highest BCUT2D eigenvalue weighted by atomic mass is 16.4. The van der Waals surface area contributed by atoms with Crippen LogP contribution in [0, 0.1) is 18.3 Å². The number of hydrogen-bond acceptors (Lipinski definition) is 3. The molecule has 0 bridgehead atoms. The van der Waals surface area contributed by atoms with Gasteiger partial charge in [-0.05, 0) is 11.8 Å². The van der Waals surface area contributed by atoms with Crippen molar-refractivity contribution in [1.29, 1.82) is 0 Å². The first-order valence-corrected chi connectivity index (χ1v) is 5.18. The summed E-state index contributed by atoms with van der Waals surface area (Å²) in [5.74, 6) is 1.63. The first-order valence-electron chi connectivity index (χ1n) is 5.18. The van der Waals surface area contributed by atoms with Gasteiger partial charge in [-0.3, -0.25) is 4.79 Å². The number of amides is 1. The van der Waals surface area contributed by atoms with Crippen LogP contribution in [0.3, 0.4) is 0 Å². The second kappa shape index (κ2) is 3.36. The van der Waals surface area contributed by atoms with Gasteiger partial charge in [-0.15, -0.1) is 0 Å². The summed E-state index contributed by atoms with van der Waals surface area (Å²) < 4.78 is 5.26. The number of nitrogens with one attached hydrogen (secondary N) is 1. The molecule has 1 fully saturated rings. The van der Waals surface area contributed by atoms with Crippen molar-refractivity contribution in [3.63, 3.8) is 0 Å². The number of aryl methyl sites for hydroxylation is 1. The Hall–Kier alpha value is -1.32. The van der Waals surface area contributed by atoms with Gasteiger partial charge < -0.3 is 9.73 Å². The molecule has 4 heteroatoms. The molecule has 0 spiro atoms. The van der Waals surface area contributed by atoms with E-state index in [1.54, 1.807) is 13.1 Å². The van der Waals surface area contributed by atoms with Crippen LogP contribution in [0.4, 0.5) is 0 Å². The molecule has 1 amide bonds. The van der Waals surface area contributed by atoms with Crippen molar-refractivity contribution in [2.24, 2.45) is 11.3 Å². The normalized spacial score (nSPS) is 22.5. The first kappa shape index (κ1) is 10.2. The summed E-state index contributed by atoms with van der Waals surface area (Å²) >= 11 is 0. The van der Waals surface area contributed by atoms with Crippen molar-refractivity contribution >= 4 is 5.91 Å². The lowest BCUT2D eigenvalue weighted by atomic mass is 10.1. The molecule has 1 atom stereocenters. The zero-order valence-electron chi connectivity index (χ0n) is 9.33. The highest BCUT2D eigenvalue weighted by Crippen LogP contribution is 2.51. The Balaban J connectivity index is 1.82. The van der Waals surface area contributed by atoms with Crippen LogP contribution < -0.4 is 5.32 Å². The smallest absolute Gasteiger partial charge is 0.224 e. The van der Waals surface area contributed by atoms with Crippen LogP contribution in [-0.2, 0) is 11.3 Å². The molecular weight excluding hydrogens is 192 g/mol. The van der Waals surface area contributed by atoms with E-state index < -0.39 is 0 Å². The van der Waals surface area contributed by atoms with E-state index in [0.717, 1.165) is 6.42 Å². The molecule has 0 unspecified atom stereocenters. The quantitative estimate of drug-likeness (QED) is 0.821. The highest BCUT2D eigenvalue weighted by molar-refractivity contribution is 5.82. The predicted molar refractivity (Wildman–Crippen MR) is 55.0 cm³/mol. The monoisotopic (exact) mass is 208 g/mol. The molecule has 0 aromatic carbocycles. The summed E-state index contributed by atoms with van der Waals surface area (Å²) in [7, 11) is 0. The minimum Gasteiger partial charge on any atom is -0.444 e. The van der Waals surface area contributed by atoms with E-state index >= 15 is 0 Å². The molecule has 0 aliphatic heterocycles. The lowest BCUT2D eigenvalue weighted by molar-refractivity contribution is -0.123. The number of carbonyl (C=O) groups is 1. The van der Waals surface area contributed by atoms with Crippen molar-refractivity contribution in [2.45, 2.75) is 33.7 Å². The van der Waals surface area contributed by atoms with Crippen molar-refractivity contribution < 1.29 is 9.21 Å². The van der Waals surface area contributed by atoms with E-state index in [0.29, 0.717) is 18.2 Å². The van der Waals surface area contributed by atoms with Gasteiger partial charge in [-0.25, -0.2) is 4.98 Å². The first-order chi connectivity index (χ1) is 6.99. The molecule has 1 saturated carbocycles. The summed E-state index contributed by atoms with van der Waals surface area (Å²) in [6, 6.07) is 0. The Morgan fingerprint density at radius 3 is 2.87 bits per heavy atom. The average Bonchev–Trinajstić information content (AvgIpc) is 2.59. The summed E-state index contributed by atoms with van der Waals surface area (Å²) in [5.41, 5.74) is 0.182. The molecule has 1 aromatic rings. The summed E-state index contributed by atoms with van der Waals surface area (Å²) in [6.07, 6.45) is 2.63. The predicted octanol–water partition coefficient (Wildman–Crippen LogP) is 1.65. The van der Waals surface area contributed by atoms with Gasteiger partial charge in [0.15, 0.2) is 5.89 Å². The molecule has 1 N–H and O–H groups in total. The minimum atomic E-state index is 0.119. The number of nitrogens with zero attached hydrogens (tertiary/aromatic N) is 1. The number of hydrogen-bond donors (Lipinski definition) is 1. The molecule has 15 heavy (non-hydrogen) atoms. The van der Waals surface area contributed by atoms with Crippen molar-refractivity contribution in [3.05, 3.63) is 17.8 Å². The van der Waals surface area contributed by atoms with E-state index in [1.807, 2.05) is 0 Å². The fraction of sp³-hybridized carbons (Fsp3) is 0.636. The zero-order valence-corrected chi connectivity index (χ0v) is 9.33. The minimum absolute atomic E-state index is 0.119. The Labute approximate surface area is 89.1 Å². The lowest BCUT2D eigenvalue weighted by Gasteiger charge is -2.04. The average molecular weight is 208 g/mol. The third-order valence-electron chi connectivity index (χ3n) is 2.94. The van der Waals surface area contributed by atoms with E-state index in [1.165, 1.54) is 0 Å². The van der Waals surface area contributed by atoms with Gasteiger partial charge in [-0.1, -0.05) is 13.8 Å². The van der Waals surface area contributed by atoms with E-state index in [4.69, 9.17) is 4.42 Å². The topological polar surface area (TPSA) is 55.1 Å². The van der Waals surface area contributed by atoms with Gasteiger partial charge in [-0.2, -0.15) is 0 Å². The highest BCUT2D eigenvalue weighted by Gasteiger charge is 2.50. The fourth-order valence-electron chi connectivity index (χ4n) is 1.70. The number of oxazole rings is 1. The van der Waals surface area contributed by atoms with E-state index in [-0.39, 0.29) is 17.2 Å². The molecule has 2 rings (SSSR count). The second-order valence-corrected chi connectivity index (χ2v) is 4.81. The maximum Gasteiger partial charge on any atom is 0.224 e. The van der Waals surface area contributed by atoms with Gasteiger partial charge in [0.2, 0.25) is 5.91 Å². The Morgan fingerprint density at radius 1 is 1.73 bits per heavy atom. The van der Waals surface area contributed by atoms with Crippen LogP contribution in [0.25, 0.3) is 0 Å². The van der Waals surface area contributed by atoms with Gasteiger partial charge in [0.05, 0.1) is 12.7 Å². The summed E-state index contributed by atoms with van der Waals surface area (Å²) in [6.45, 7) is 6.44. The van der Waals surface area contributed by atoms with Gasteiger partial charge in [0.1, 0.15) is 5.76 Å². The molecule has 1 heterocycles. The number of carbonyl (C=O) groups excluding carboxylic acids is 1. The standard InChI is InChI=1S/C11H16N2O2/c1-7-12-5-8(15-7)6-13-10(14)9-4-11(9,2)3/h5,9H,4,6H2,1-3H3,(H,13,14)/t9-/m1/s1. The molecule has 1 aliphatic rings. The van der Waals surface area contributed by atoms with Crippen LogP contribution in [0.2, 0.25) is 0 Å². The molecule has 0 saturated heterocycles. The number of aromatic nitrogens is 1. The molecule has 0 radical (unpaired) electrons. The molecule has 4 nitrogen and oxygen atoms in total. The second-order valence-electron chi connectivity index (χ2n) is 4.81. The molecule has 82 valence electrons. The largest absolute Gasteiger partial charge is 0.444 e. The van der Waals surface area contributed by atoms with Crippen molar-refractivity contribution in [1.82, 2.24) is 10.3 Å². The Morgan fingerprint density at radius 2 is 2.40 bits per heavy atom. The van der Waals surface area contributed by atoms with Crippen molar-refractivity contribution in [3.8, 4) is 0 Å². The van der Waals surface area contributed by atoms with Crippen LogP contribution in [0.5, 0.6) is 0 Å². The van der Waals surface area contributed by atoms with E-state index in [9.17, 15) is 4.79 Å². The zero-order chi connectivity index (χ0) is 11.1. The SMILES string of the molecule is Cc1ncc(CNC(=O)[C@H]2CC2(C)C)o1. The van der Waals surface area contributed by atoms with Gasteiger partial charge in [0.25, 0.3) is 0 Å². The summed E-state index contributed by atoms with van der Waals surface area (Å²) in [4.78, 5) is 15.6. The molecule has 1 aromatic heterocycles. The van der Waals surface area contributed by atoms with Crippen LogP contribution in [0.15, 0.2) is 10.6 Å².